The Kier molecular flexibility index (Phi) is 4.31. The molecular weight excluding hydrogens is 236 g/mol. The molecule has 2 rings (SSSR count). The van der Waals surface area contributed by atoms with Crippen molar-refractivity contribution in [2.24, 2.45) is 0 Å². The van der Waals surface area contributed by atoms with E-state index in [0.717, 1.165) is 26.1 Å². The van der Waals surface area contributed by atoms with E-state index in [2.05, 4.69) is 61.8 Å². The average Bonchev–Trinajstić information content (AvgIpc) is 2.81. The van der Waals surface area contributed by atoms with Crippen LogP contribution in [0.1, 0.15) is 52.8 Å². The molecule has 0 radical (unpaired) electrons. The molecule has 0 bridgehead atoms. The predicted molar refractivity (Wildman–Crippen MR) is 79.2 cm³/mol. The molecule has 1 aliphatic heterocycles. The Morgan fingerprint density at radius 2 is 2.26 bits per heavy atom. The molecule has 0 amide bonds. The summed E-state index contributed by atoms with van der Waals surface area (Å²) in [7, 11) is 0. The van der Waals surface area contributed by atoms with Crippen LogP contribution in [-0.4, -0.2) is 39.4 Å². The topological polar surface area (TPSA) is 33.1 Å². The molecular formula is C15H28N4. The normalized spacial score (nSPS) is 25.4. The first kappa shape index (κ1) is 14.5. The Bertz CT molecular complexity index is 410. The molecule has 4 nitrogen and oxygen atoms in total. The lowest BCUT2D eigenvalue weighted by Gasteiger charge is -2.43. The number of piperazine rings is 1. The number of rotatable bonds is 4. The fraction of sp³-hybridized carbons (Fsp3) is 0.800. The molecule has 1 fully saturated rings. The Morgan fingerprint density at radius 3 is 2.95 bits per heavy atom. The minimum absolute atomic E-state index is 0.200. The second-order valence-electron chi connectivity index (χ2n) is 6.56. The van der Waals surface area contributed by atoms with Crippen molar-refractivity contribution in [1.82, 2.24) is 20.0 Å². The summed E-state index contributed by atoms with van der Waals surface area (Å²) in [5.41, 5.74) is 1.39. The van der Waals surface area contributed by atoms with Crippen LogP contribution in [0.15, 0.2) is 12.3 Å². The molecule has 0 spiro atoms. The van der Waals surface area contributed by atoms with Crippen molar-refractivity contribution in [2.75, 3.05) is 13.1 Å². The molecule has 1 aliphatic rings. The summed E-state index contributed by atoms with van der Waals surface area (Å²) in [4.78, 5) is 2.53. The second kappa shape index (κ2) is 5.63. The highest BCUT2D eigenvalue weighted by molar-refractivity contribution is 5.02. The highest BCUT2D eigenvalue weighted by Gasteiger charge is 2.30. The van der Waals surface area contributed by atoms with Crippen LogP contribution in [0.25, 0.3) is 0 Å². The van der Waals surface area contributed by atoms with Crippen molar-refractivity contribution in [1.29, 1.82) is 0 Å². The van der Waals surface area contributed by atoms with Gasteiger partial charge in [-0.25, -0.2) is 0 Å². The average molecular weight is 264 g/mol. The highest BCUT2D eigenvalue weighted by atomic mass is 15.3. The molecule has 0 saturated carbocycles. The summed E-state index contributed by atoms with van der Waals surface area (Å²) in [5.74, 6) is 0. The van der Waals surface area contributed by atoms with Crippen LogP contribution in [0.3, 0.4) is 0 Å². The van der Waals surface area contributed by atoms with Gasteiger partial charge in [0, 0.05) is 43.5 Å². The van der Waals surface area contributed by atoms with Crippen molar-refractivity contribution < 1.29 is 0 Å². The van der Waals surface area contributed by atoms with Crippen LogP contribution in [-0.2, 0) is 6.54 Å². The molecule has 1 aromatic rings. The van der Waals surface area contributed by atoms with Crippen LogP contribution < -0.4 is 5.32 Å². The van der Waals surface area contributed by atoms with Crippen molar-refractivity contribution in [3.63, 3.8) is 0 Å². The van der Waals surface area contributed by atoms with E-state index in [1.165, 1.54) is 5.69 Å². The first-order valence-electron chi connectivity index (χ1n) is 7.44. The van der Waals surface area contributed by atoms with Gasteiger partial charge in [-0.15, -0.1) is 0 Å². The monoisotopic (exact) mass is 264 g/mol. The maximum Gasteiger partial charge on any atom is 0.0765 e. The maximum atomic E-state index is 4.71. The van der Waals surface area contributed by atoms with Gasteiger partial charge in [0.25, 0.3) is 0 Å². The second-order valence-corrected chi connectivity index (χ2v) is 6.56. The summed E-state index contributed by atoms with van der Waals surface area (Å²) in [6.45, 7) is 14.3. The lowest BCUT2D eigenvalue weighted by Crippen LogP contribution is -2.60. The molecule has 2 atom stereocenters. The summed E-state index contributed by atoms with van der Waals surface area (Å²) in [5, 5.41) is 8.30. The number of aromatic nitrogens is 2. The Labute approximate surface area is 117 Å². The zero-order chi connectivity index (χ0) is 14.0. The number of nitrogens with one attached hydrogen (secondary N) is 1. The molecule has 19 heavy (non-hydrogen) atoms. The lowest BCUT2D eigenvalue weighted by atomic mass is 9.99. The molecule has 1 aromatic heterocycles. The van der Waals surface area contributed by atoms with E-state index in [4.69, 9.17) is 5.10 Å². The van der Waals surface area contributed by atoms with Crippen molar-refractivity contribution in [3.8, 4) is 0 Å². The van der Waals surface area contributed by atoms with Crippen LogP contribution in [0.5, 0.6) is 0 Å². The van der Waals surface area contributed by atoms with E-state index >= 15 is 0 Å². The predicted octanol–water partition coefficient (Wildman–Crippen LogP) is 2.43. The van der Waals surface area contributed by atoms with Gasteiger partial charge in [-0.2, -0.15) is 5.10 Å². The first-order valence-corrected chi connectivity index (χ1v) is 7.44. The number of hydrogen-bond acceptors (Lipinski definition) is 3. The van der Waals surface area contributed by atoms with Crippen molar-refractivity contribution >= 4 is 0 Å². The van der Waals surface area contributed by atoms with Gasteiger partial charge >= 0.3 is 0 Å². The maximum absolute atomic E-state index is 4.71. The van der Waals surface area contributed by atoms with Crippen molar-refractivity contribution in [3.05, 3.63) is 18.0 Å². The van der Waals surface area contributed by atoms with Gasteiger partial charge < -0.3 is 5.32 Å². The number of hydrogen-bond donors (Lipinski definition) is 1. The van der Waals surface area contributed by atoms with Gasteiger partial charge in [0.05, 0.1) is 5.69 Å². The van der Waals surface area contributed by atoms with Gasteiger partial charge in [0.1, 0.15) is 0 Å². The molecule has 2 heterocycles. The van der Waals surface area contributed by atoms with Crippen LogP contribution >= 0.6 is 0 Å². The van der Waals surface area contributed by atoms with Gasteiger partial charge in [0.2, 0.25) is 0 Å². The summed E-state index contributed by atoms with van der Waals surface area (Å²) >= 11 is 0. The molecule has 4 heteroatoms. The third-order valence-corrected chi connectivity index (χ3v) is 4.17. The lowest BCUT2D eigenvalue weighted by molar-refractivity contribution is 0.0962. The van der Waals surface area contributed by atoms with E-state index in [1.54, 1.807) is 0 Å². The Morgan fingerprint density at radius 1 is 1.53 bits per heavy atom. The van der Waals surface area contributed by atoms with Crippen LogP contribution in [0.2, 0.25) is 0 Å². The summed E-state index contributed by atoms with van der Waals surface area (Å²) in [6.07, 6.45) is 3.24. The smallest absolute Gasteiger partial charge is 0.0765 e. The van der Waals surface area contributed by atoms with E-state index in [0.29, 0.717) is 12.1 Å². The van der Waals surface area contributed by atoms with Gasteiger partial charge in [0.15, 0.2) is 0 Å². The minimum Gasteiger partial charge on any atom is -0.309 e. The molecule has 108 valence electrons. The standard InChI is InChI=1S/C15H28N4/c1-6-12(2)19-8-7-14(17-19)10-18-11-15(4,5)16-9-13(18)3/h7-8,12-13,16H,6,9-11H2,1-5H3. The van der Waals surface area contributed by atoms with Crippen LogP contribution in [0, 0.1) is 0 Å². The molecule has 0 aromatic carbocycles. The van der Waals surface area contributed by atoms with E-state index in [9.17, 15) is 0 Å². The van der Waals surface area contributed by atoms with E-state index in [-0.39, 0.29) is 5.54 Å². The van der Waals surface area contributed by atoms with Crippen molar-refractivity contribution in [2.45, 2.75) is 65.2 Å². The third-order valence-electron chi connectivity index (χ3n) is 4.17. The SMILES string of the molecule is CCC(C)n1ccc(CN2CC(C)(C)NCC2C)n1. The highest BCUT2D eigenvalue weighted by Crippen LogP contribution is 2.18. The van der Waals surface area contributed by atoms with Gasteiger partial charge in [-0.3, -0.25) is 9.58 Å². The zero-order valence-corrected chi connectivity index (χ0v) is 13.0. The largest absolute Gasteiger partial charge is 0.309 e. The molecule has 1 saturated heterocycles. The fourth-order valence-corrected chi connectivity index (χ4v) is 2.59. The van der Waals surface area contributed by atoms with E-state index in [1.807, 2.05) is 0 Å². The van der Waals surface area contributed by atoms with Gasteiger partial charge in [-0.1, -0.05) is 6.92 Å². The molecule has 2 unspecified atom stereocenters. The minimum atomic E-state index is 0.200. The Hall–Kier alpha value is -0.870. The molecule has 1 N–H and O–H groups in total. The fourth-order valence-electron chi connectivity index (χ4n) is 2.59. The van der Waals surface area contributed by atoms with Crippen LogP contribution in [0.4, 0.5) is 0 Å². The number of nitrogens with zero attached hydrogens (tertiary/aromatic N) is 3. The zero-order valence-electron chi connectivity index (χ0n) is 13.0. The van der Waals surface area contributed by atoms with Gasteiger partial charge in [-0.05, 0) is 40.2 Å². The first-order chi connectivity index (χ1) is 8.91. The quantitative estimate of drug-likeness (QED) is 0.906. The van der Waals surface area contributed by atoms with E-state index < -0.39 is 0 Å². The third kappa shape index (κ3) is 3.57. The Balaban J connectivity index is 2.01. The summed E-state index contributed by atoms with van der Waals surface area (Å²) in [6, 6.07) is 3.22. The molecule has 0 aliphatic carbocycles. The summed E-state index contributed by atoms with van der Waals surface area (Å²) < 4.78 is 2.09.